The third-order valence-corrected chi connectivity index (χ3v) is 10.2. The van der Waals surface area contributed by atoms with Gasteiger partial charge in [0, 0.05) is 62.2 Å². The average molecular weight is 869 g/mol. The Balaban J connectivity index is 0.000000389. The van der Waals surface area contributed by atoms with Crippen molar-refractivity contribution >= 4 is 38.0 Å². The van der Waals surface area contributed by atoms with Crippen LogP contribution in [0.2, 0.25) is 0 Å². The average Bonchev–Trinajstić information content (AvgIpc) is 3.52. The Morgan fingerprint density at radius 1 is 0.900 bits per heavy atom. The van der Waals surface area contributed by atoms with Gasteiger partial charge in [-0.1, -0.05) is 117 Å². The molecule has 2 heterocycles. The summed E-state index contributed by atoms with van der Waals surface area (Å²) in [5.41, 5.74) is 4.56. The molecule has 5 rings (SSSR count). The van der Waals surface area contributed by atoms with E-state index in [1.54, 1.807) is 11.3 Å². The van der Waals surface area contributed by atoms with E-state index in [4.69, 9.17) is 7.73 Å². The molecule has 0 unspecified atom stereocenters. The van der Waals surface area contributed by atoms with E-state index in [9.17, 15) is 9.90 Å². The number of hydrogen-bond donors (Lipinski definition) is 1. The molecule has 269 valence electrons. The fourth-order valence-electron chi connectivity index (χ4n) is 6.18. The molecule has 2 aromatic heterocycles. The number of rotatable bonds is 10. The van der Waals surface area contributed by atoms with Gasteiger partial charge < -0.3 is 5.11 Å². The Bertz CT molecular complexity index is 1990. The van der Waals surface area contributed by atoms with E-state index in [0.717, 1.165) is 68.4 Å². The van der Waals surface area contributed by atoms with Crippen molar-refractivity contribution in [3.63, 3.8) is 0 Å². The van der Waals surface area contributed by atoms with Gasteiger partial charge in [0.1, 0.15) is 0 Å². The third kappa shape index (κ3) is 10.7. The van der Waals surface area contributed by atoms with Gasteiger partial charge in [-0.15, -0.1) is 40.5 Å². The molecule has 0 bridgehead atoms. The Labute approximate surface area is 321 Å². The second-order valence-corrected chi connectivity index (χ2v) is 16.1. The van der Waals surface area contributed by atoms with Gasteiger partial charge in [0.05, 0.1) is 5.76 Å². The number of aromatic nitrogens is 1. The minimum atomic E-state index is -1.41. The molecule has 0 aliphatic carbocycles. The molecule has 1 radical (unpaired) electrons. The van der Waals surface area contributed by atoms with Gasteiger partial charge in [0.15, 0.2) is 5.78 Å². The first kappa shape index (κ1) is 38.1. The first-order chi connectivity index (χ1) is 23.9. The van der Waals surface area contributed by atoms with Crippen LogP contribution in [0.15, 0.2) is 84.8 Å². The summed E-state index contributed by atoms with van der Waals surface area (Å²) >= 11 is 1.70. The number of thiophene rings is 1. The first-order valence-corrected chi connectivity index (χ1v) is 18.7. The van der Waals surface area contributed by atoms with Crippen molar-refractivity contribution in [2.45, 2.75) is 107 Å². The minimum absolute atomic E-state index is 0. The van der Waals surface area contributed by atoms with Crippen LogP contribution in [0, 0.1) is 23.3 Å². The van der Waals surface area contributed by atoms with Crippen LogP contribution in [0.5, 0.6) is 0 Å². The fourth-order valence-corrected chi connectivity index (χ4v) is 7.28. The number of pyridine rings is 1. The molecule has 0 amide bonds. The van der Waals surface area contributed by atoms with Crippen LogP contribution in [-0.4, -0.2) is 15.9 Å². The van der Waals surface area contributed by atoms with Crippen LogP contribution in [-0.2, 0) is 36.7 Å². The Morgan fingerprint density at radius 3 is 2.18 bits per heavy atom. The number of aliphatic hydroxyl groups is 1. The van der Waals surface area contributed by atoms with Crippen molar-refractivity contribution < 1.29 is 32.7 Å². The van der Waals surface area contributed by atoms with Crippen molar-refractivity contribution in [2.75, 3.05) is 0 Å². The zero-order valence-corrected chi connectivity index (χ0v) is 34.7. The molecule has 50 heavy (non-hydrogen) atoms. The third-order valence-electron chi connectivity index (χ3n) is 9.03. The summed E-state index contributed by atoms with van der Waals surface area (Å²) in [4.78, 5) is 17.6. The summed E-state index contributed by atoms with van der Waals surface area (Å²) in [5.74, 6) is 0.547. The van der Waals surface area contributed by atoms with Gasteiger partial charge in [-0.05, 0) is 77.6 Å². The standard InChI is InChI=1S/C32H32NS.C13H24O2.Ir/c1-31(2,3)20-21-11-12-23-19-30(34-29(23)15-21)24-13-14-33-28(18-24)25-16-22-9-7-8-10-26(22)27(17-25)32(4,5)6;1-5-10(6-2)12(14)9-13(15)11(7-3)8-4;/h7-15,17-19H,20H2,1-6H3;9-11,14H,5-8H2,1-4H3;/q-1;;/b;12-9-;/i20D2;;. The number of allylic oxidation sites excluding steroid dienone is 2. The van der Waals surface area contributed by atoms with Crippen molar-refractivity contribution in [1.82, 2.24) is 4.98 Å². The number of carbonyl (C=O) groups excluding carboxylic acids is 1. The zero-order valence-electron chi connectivity index (χ0n) is 33.5. The number of ketones is 1. The summed E-state index contributed by atoms with van der Waals surface area (Å²) in [7, 11) is 0. The fraction of sp³-hybridized carbons (Fsp3) is 0.422. The minimum Gasteiger partial charge on any atom is -0.512 e. The smallest absolute Gasteiger partial charge is 0.162 e. The summed E-state index contributed by atoms with van der Waals surface area (Å²) < 4.78 is 18.4. The summed E-state index contributed by atoms with van der Waals surface area (Å²) in [5, 5.41) is 13.2. The monoisotopic (exact) mass is 869 g/mol. The normalized spacial score (nSPS) is 13.2. The number of benzene rings is 3. The molecule has 0 aliphatic heterocycles. The molecular weight excluding hydrogens is 811 g/mol. The van der Waals surface area contributed by atoms with E-state index in [2.05, 4.69) is 75.4 Å². The van der Waals surface area contributed by atoms with Crippen LogP contribution < -0.4 is 0 Å². The van der Waals surface area contributed by atoms with Crippen LogP contribution in [0.3, 0.4) is 0 Å². The quantitative estimate of drug-likeness (QED) is 0.0864. The Morgan fingerprint density at radius 2 is 1.56 bits per heavy atom. The van der Waals surface area contributed by atoms with Gasteiger partial charge in [-0.25, -0.2) is 0 Å². The first-order valence-electron chi connectivity index (χ1n) is 18.9. The number of fused-ring (bicyclic) bond motifs is 2. The van der Waals surface area contributed by atoms with Crippen molar-refractivity contribution in [2.24, 2.45) is 17.3 Å². The largest absolute Gasteiger partial charge is 0.512 e. The molecule has 0 fully saturated rings. The maximum atomic E-state index is 11.7. The van der Waals surface area contributed by atoms with Crippen molar-refractivity contribution in [3.05, 3.63) is 102 Å². The molecule has 0 atom stereocenters. The van der Waals surface area contributed by atoms with Crippen LogP contribution in [0.25, 0.3) is 42.6 Å². The van der Waals surface area contributed by atoms with Gasteiger partial charge in [0.25, 0.3) is 0 Å². The molecule has 0 aliphatic rings. The molecule has 5 aromatic rings. The second kappa shape index (κ2) is 17.9. The van der Waals surface area contributed by atoms with E-state index in [1.165, 1.54) is 17.0 Å². The van der Waals surface area contributed by atoms with E-state index in [1.807, 2.05) is 72.9 Å². The second-order valence-electron chi connectivity index (χ2n) is 15.1. The SMILES string of the molecule is CCC(CC)C(=O)/C=C(\O)C(CC)CC.[2H]C([2H])(c1ccc2cc(-c3ccnc(-c4[c-]c5ccccc5c(C(C)(C)C)c4)c3)sc2c1)C(C)(C)C.[Ir]. The van der Waals surface area contributed by atoms with Crippen molar-refractivity contribution in [3.8, 4) is 21.7 Å². The molecular formula is C45H56IrNO2S-. The summed E-state index contributed by atoms with van der Waals surface area (Å²) in [6, 6.07) is 26.7. The number of nitrogens with zero attached hydrogens (tertiary/aromatic N) is 1. The summed E-state index contributed by atoms with van der Waals surface area (Å²) in [6.45, 7) is 20.7. The predicted octanol–water partition coefficient (Wildman–Crippen LogP) is 13.3. The van der Waals surface area contributed by atoms with E-state index < -0.39 is 11.8 Å². The molecule has 0 spiro atoms. The van der Waals surface area contributed by atoms with Crippen LogP contribution in [0.4, 0.5) is 0 Å². The topological polar surface area (TPSA) is 50.2 Å². The van der Waals surface area contributed by atoms with E-state index >= 15 is 0 Å². The van der Waals surface area contributed by atoms with E-state index in [-0.39, 0.29) is 48.9 Å². The van der Waals surface area contributed by atoms with Crippen LogP contribution in [0.1, 0.15) is 109 Å². The van der Waals surface area contributed by atoms with E-state index in [0.29, 0.717) is 0 Å². The molecule has 0 saturated carbocycles. The molecule has 1 N–H and O–H groups in total. The molecule has 0 saturated heterocycles. The van der Waals surface area contributed by atoms with Gasteiger partial charge >= 0.3 is 0 Å². The maximum absolute atomic E-state index is 11.7. The summed E-state index contributed by atoms with van der Waals surface area (Å²) in [6.07, 6.45) is 5.37. The number of aliphatic hydroxyl groups excluding tert-OH is 1. The van der Waals surface area contributed by atoms with Gasteiger partial charge in [-0.3, -0.25) is 9.78 Å². The molecule has 3 aromatic carbocycles. The van der Waals surface area contributed by atoms with Gasteiger partial charge in [-0.2, -0.15) is 0 Å². The Kier molecular flexibility index (Phi) is 13.6. The number of hydrogen-bond acceptors (Lipinski definition) is 4. The van der Waals surface area contributed by atoms with Crippen LogP contribution >= 0.6 is 11.3 Å². The molecule has 5 heteroatoms. The Hall–Kier alpha value is -3.11. The van der Waals surface area contributed by atoms with Crippen molar-refractivity contribution in [1.29, 1.82) is 0 Å². The number of carbonyl (C=O) groups is 1. The maximum Gasteiger partial charge on any atom is 0.162 e. The predicted molar refractivity (Wildman–Crippen MR) is 213 cm³/mol. The molecule has 3 nitrogen and oxygen atoms in total. The zero-order chi connectivity index (χ0) is 37.7. The van der Waals surface area contributed by atoms with Gasteiger partial charge in [0.2, 0.25) is 0 Å².